The third-order valence-electron chi connectivity index (χ3n) is 6.85. The maximum Gasteiger partial charge on any atom is 0.336 e. The Hall–Kier alpha value is -4.84. The molecule has 0 aromatic heterocycles. The molecular formula is C32H38N4O10. The van der Waals surface area contributed by atoms with Gasteiger partial charge in [0.05, 0.1) is 17.6 Å². The van der Waals surface area contributed by atoms with Crippen LogP contribution in [0.1, 0.15) is 39.2 Å². The van der Waals surface area contributed by atoms with E-state index < -0.39 is 41.1 Å². The third kappa shape index (κ3) is 9.58. The van der Waals surface area contributed by atoms with Crippen molar-refractivity contribution in [1.29, 1.82) is 5.26 Å². The second kappa shape index (κ2) is 17.0. The number of hydrogen-bond donors (Lipinski definition) is 2. The number of benzene rings is 2. The van der Waals surface area contributed by atoms with Gasteiger partial charge in [0.15, 0.2) is 6.61 Å². The number of nitrogens with zero attached hydrogens (tertiary/aromatic N) is 3. The third-order valence-corrected chi connectivity index (χ3v) is 6.85. The van der Waals surface area contributed by atoms with Crippen LogP contribution in [0.3, 0.4) is 0 Å². The van der Waals surface area contributed by atoms with Crippen LogP contribution in [-0.2, 0) is 23.8 Å². The van der Waals surface area contributed by atoms with Crippen molar-refractivity contribution in [3.05, 3.63) is 75.5 Å². The SMILES string of the molecule is CCOC(COC(=O)C1=C(C)N=C(C#N)C(C(=O)OC)C1c1cccc([N+](=O)[O-])c1)Oc1ccc(OCC(O)CNC(C)C)cc1. The molecule has 14 nitrogen and oxygen atoms in total. The van der Waals surface area contributed by atoms with Crippen molar-refractivity contribution in [3.63, 3.8) is 0 Å². The minimum Gasteiger partial charge on any atom is -0.491 e. The number of aliphatic hydroxyl groups is 1. The molecule has 0 spiro atoms. The van der Waals surface area contributed by atoms with Crippen LogP contribution in [-0.4, -0.2) is 79.6 Å². The number of nitro benzene ring substituents is 1. The lowest BCUT2D eigenvalue weighted by atomic mass is 9.75. The molecule has 2 aromatic carbocycles. The first-order valence-corrected chi connectivity index (χ1v) is 14.6. The fraction of sp³-hybridized carbons (Fsp3) is 0.438. The second-order valence-corrected chi connectivity index (χ2v) is 10.5. The van der Waals surface area contributed by atoms with Crippen molar-refractivity contribution < 1.29 is 43.3 Å². The van der Waals surface area contributed by atoms with Gasteiger partial charge in [-0.15, -0.1) is 0 Å². The Morgan fingerprint density at radius 1 is 1.15 bits per heavy atom. The fourth-order valence-corrected chi connectivity index (χ4v) is 4.71. The van der Waals surface area contributed by atoms with Gasteiger partial charge >= 0.3 is 11.9 Å². The highest BCUT2D eigenvalue weighted by molar-refractivity contribution is 6.14. The van der Waals surface area contributed by atoms with Crippen LogP contribution in [0.4, 0.5) is 5.69 Å². The molecule has 0 bridgehead atoms. The number of aliphatic imine (C=N–C) groups is 1. The molecule has 0 saturated heterocycles. The quantitative estimate of drug-likeness (QED) is 0.118. The van der Waals surface area contributed by atoms with Gasteiger partial charge in [0.25, 0.3) is 5.69 Å². The van der Waals surface area contributed by atoms with Gasteiger partial charge in [0.2, 0.25) is 6.29 Å². The van der Waals surface area contributed by atoms with Crippen molar-refractivity contribution in [2.45, 2.75) is 52.0 Å². The normalized spacial score (nSPS) is 17.4. The molecule has 0 fully saturated rings. The van der Waals surface area contributed by atoms with E-state index in [1.165, 1.54) is 31.2 Å². The Morgan fingerprint density at radius 2 is 1.85 bits per heavy atom. The second-order valence-electron chi connectivity index (χ2n) is 10.5. The molecule has 0 amide bonds. The number of non-ortho nitro benzene ring substituents is 1. The largest absolute Gasteiger partial charge is 0.491 e. The first-order valence-electron chi connectivity index (χ1n) is 14.6. The minimum absolute atomic E-state index is 0.0718. The number of nitriles is 1. The summed E-state index contributed by atoms with van der Waals surface area (Å²) >= 11 is 0. The zero-order valence-corrected chi connectivity index (χ0v) is 26.3. The summed E-state index contributed by atoms with van der Waals surface area (Å²) in [6, 6.07) is 14.1. The first kappa shape index (κ1) is 35.6. The molecule has 2 aromatic rings. The van der Waals surface area contributed by atoms with E-state index in [9.17, 15) is 30.1 Å². The lowest BCUT2D eigenvalue weighted by molar-refractivity contribution is -0.384. The number of carbonyl (C=O) groups excluding carboxylic acids is 2. The standard InChI is InChI=1S/C32H38N4O10/c1-6-43-27(46-25-12-10-24(11-13-25)44-17-23(37)16-34-19(2)3)18-45-32(39)28-20(4)35-26(15-33)30(31(38)42-5)29(28)21-8-7-9-22(14-21)36(40)41/h7-14,19,23,27,29-30,34,37H,6,16-18H2,1-5H3. The minimum atomic E-state index is -1.35. The van der Waals surface area contributed by atoms with E-state index in [1.54, 1.807) is 31.2 Å². The van der Waals surface area contributed by atoms with Gasteiger partial charge in [-0.3, -0.25) is 14.9 Å². The van der Waals surface area contributed by atoms with Gasteiger partial charge in [-0.1, -0.05) is 26.0 Å². The number of ether oxygens (including phenoxy) is 5. The molecule has 14 heteroatoms. The Morgan fingerprint density at radius 3 is 2.46 bits per heavy atom. The van der Waals surface area contributed by atoms with Gasteiger partial charge in [-0.25, -0.2) is 9.79 Å². The molecule has 1 heterocycles. The molecule has 0 aliphatic carbocycles. The van der Waals surface area contributed by atoms with Gasteiger partial charge < -0.3 is 34.1 Å². The number of methoxy groups -OCH3 is 1. The Bertz CT molecular complexity index is 1480. The number of nitrogens with one attached hydrogen (secondary N) is 1. The molecule has 46 heavy (non-hydrogen) atoms. The van der Waals surface area contributed by atoms with Gasteiger partial charge in [-0.05, 0) is 43.7 Å². The van der Waals surface area contributed by atoms with Crippen molar-refractivity contribution in [2.24, 2.45) is 10.9 Å². The summed E-state index contributed by atoms with van der Waals surface area (Å²) in [7, 11) is 1.13. The summed E-state index contributed by atoms with van der Waals surface area (Å²) in [5, 5.41) is 34.4. The molecule has 1 aliphatic rings. The van der Waals surface area contributed by atoms with E-state index in [4.69, 9.17) is 23.7 Å². The van der Waals surface area contributed by atoms with E-state index in [0.717, 1.165) is 7.11 Å². The Labute approximate surface area is 266 Å². The summed E-state index contributed by atoms with van der Waals surface area (Å²) in [6.07, 6.45) is -1.71. The van der Waals surface area contributed by atoms with Gasteiger partial charge in [-0.2, -0.15) is 5.26 Å². The lowest BCUT2D eigenvalue weighted by Gasteiger charge is -2.30. The maximum atomic E-state index is 13.6. The smallest absolute Gasteiger partial charge is 0.336 e. The lowest BCUT2D eigenvalue weighted by Crippen LogP contribution is -2.37. The van der Waals surface area contributed by atoms with E-state index in [1.807, 2.05) is 19.9 Å². The van der Waals surface area contributed by atoms with E-state index in [2.05, 4.69) is 10.3 Å². The number of allylic oxidation sites excluding steroid dienone is 1. The highest BCUT2D eigenvalue weighted by Crippen LogP contribution is 2.41. The number of aliphatic hydroxyl groups excluding tert-OH is 1. The van der Waals surface area contributed by atoms with Crippen LogP contribution in [0.15, 0.2) is 64.8 Å². The van der Waals surface area contributed by atoms with E-state index >= 15 is 0 Å². The number of hydrogen-bond acceptors (Lipinski definition) is 13. The molecule has 3 rings (SSSR count). The zero-order chi connectivity index (χ0) is 33.8. The molecule has 0 saturated carbocycles. The topological polar surface area (TPSA) is 192 Å². The van der Waals surface area contributed by atoms with Crippen LogP contribution in [0.5, 0.6) is 11.5 Å². The van der Waals surface area contributed by atoms with Crippen molar-refractivity contribution >= 4 is 23.3 Å². The Kier molecular flexibility index (Phi) is 13.2. The van der Waals surface area contributed by atoms with Crippen molar-refractivity contribution in [2.75, 3.05) is 33.5 Å². The molecule has 246 valence electrons. The van der Waals surface area contributed by atoms with E-state index in [0.29, 0.717) is 18.0 Å². The summed E-state index contributed by atoms with van der Waals surface area (Å²) in [6.45, 7) is 7.53. The molecule has 4 atom stereocenters. The first-order chi connectivity index (χ1) is 22.0. The van der Waals surface area contributed by atoms with Gasteiger partial charge in [0.1, 0.15) is 41.9 Å². The predicted octanol–water partition coefficient (Wildman–Crippen LogP) is 3.44. The predicted molar refractivity (Wildman–Crippen MR) is 165 cm³/mol. The van der Waals surface area contributed by atoms with E-state index in [-0.39, 0.29) is 54.1 Å². The fourth-order valence-electron chi connectivity index (χ4n) is 4.71. The summed E-state index contributed by atoms with van der Waals surface area (Å²) in [5.41, 5.74) is -0.220. The van der Waals surface area contributed by atoms with Crippen LogP contribution in [0.2, 0.25) is 0 Å². The number of carbonyl (C=O) groups is 2. The zero-order valence-electron chi connectivity index (χ0n) is 26.3. The monoisotopic (exact) mass is 638 g/mol. The van der Waals surface area contributed by atoms with Crippen LogP contribution in [0.25, 0.3) is 0 Å². The Balaban J connectivity index is 1.78. The summed E-state index contributed by atoms with van der Waals surface area (Å²) in [5.74, 6) is -3.34. The summed E-state index contributed by atoms with van der Waals surface area (Å²) < 4.78 is 27.6. The highest BCUT2D eigenvalue weighted by Gasteiger charge is 2.44. The number of nitro groups is 1. The molecular weight excluding hydrogens is 600 g/mol. The number of esters is 2. The molecule has 2 N–H and O–H groups in total. The average Bonchev–Trinajstić information content (AvgIpc) is 3.04. The van der Waals surface area contributed by atoms with Crippen LogP contribution in [0, 0.1) is 27.4 Å². The van der Waals surface area contributed by atoms with Crippen LogP contribution >= 0.6 is 0 Å². The average molecular weight is 639 g/mol. The highest BCUT2D eigenvalue weighted by atomic mass is 16.7. The number of rotatable bonds is 16. The molecule has 0 radical (unpaired) electrons. The molecule has 4 unspecified atom stereocenters. The van der Waals surface area contributed by atoms with Crippen LogP contribution < -0.4 is 14.8 Å². The maximum absolute atomic E-state index is 13.6. The van der Waals surface area contributed by atoms with Gasteiger partial charge in [0, 0.05) is 42.9 Å². The summed E-state index contributed by atoms with van der Waals surface area (Å²) in [4.78, 5) is 41.6. The van der Waals surface area contributed by atoms with Crippen molar-refractivity contribution in [3.8, 4) is 17.6 Å². The van der Waals surface area contributed by atoms with Crippen molar-refractivity contribution in [1.82, 2.24) is 5.32 Å². The molecule has 1 aliphatic heterocycles.